The van der Waals surface area contributed by atoms with E-state index >= 15 is 0 Å². The molecule has 1 atom stereocenters. The van der Waals surface area contributed by atoms with E-state index in [1.165, 1.54) is 57.6 Å². The van der Waals surface area contributed by atoms with Crippen molar-refractivity contribution in [1.29, 1.82) is 0 Å². The fraction of sp³-hybridized carbons (Fsp3) is 0.213. The summed E-state index contributed by atoms with van der Waals surface area (Å²) in [6, 6.07) is 65.3. The third kappa shape index (κ3) is 14.0. The van der Waals surface area contributed by atoms with Crippen molar-refractivity contribution in [1.82, 2.24) is 10.2 Å². The molecule has 0 unspecified atom stereocenters. The van der Waals surface area contributed by atoms with Gasteiger partial charge in [-0.2, -0.15) is 0 Å². The first-order chi connectivity index (χ1) is 26.5. The molecule has 2 nitrogen and oxygen atoms in total. The van der Waals surface area contributed by atoms with Crippen molar-refractivity contribution in [3.8, 4) is 0 Å². The van der Waals surface area contributed by atoms with Crippen LogP contribution in [0.15, 0.2) is 182 Å². The first-order valence-corrected chi connectivity index (χ1v) is 27.1. The Hall–Kier alpha value is -2.83. The number of benzene rings is 6. The molecule has 0 saturated carbocycles. The topological polar surface area (TPSA) is 15.3 Å². The van der Waals surface area contributed by atoms with E-state index in [1.54, 1.807) is 0 Å². The second kappa shape index (κ2) is 23.9. The van der Waals surface area contributed by atoms with Gasteiger partial charge in [0.05, 0.1) is 0 Å². The quantitative estimate of drug-likeness (QED) is 0.0726. The van der Waals surface area contributed by atoms with E-state index in [0.29, 0.717) is 0 Å². The first kappa shape index (κ1) is 42.3. The van der Waals surface area contributed by atoms with Gasteiger partial charge < -0.3 is 4.90 Å². The molecule has 6 rings (SSSR count). The van der Waals surface area contributed by atoms with E-state index in [9.17, 15) is 0 Å². The molecule has 0 amide bonds. The summed E-state index contributed by atoms with van der Waals surface area (Å²) in [6.45, 7) is 7.90. The van der Waals surface area contributed by atoms with Crippen LogP contribution in [0, 0.1) is 0 Å². The van der Waals surface area contributed by atoms with Gasteiger partial charge in [-0.3, -0.25) is 0 Å². The predicted molar refractivity (Wildman–Crippen MR) is 239 cm³/mol. The maximum atomic E-state index is 6.23. The zero-order valence-corrected chi connectivity index (χ0v) is 36.3. The van der Waals surface area contributed by atoms with Gasteiger partial charge in [0, 0.05) is 13.1 Å². The number of hydrogen-bond donors (Lipinski definition) is 1. The van der Waals surface area contributed by atoms with Crippen LogP contribution in [0.1, 0.15) is 37.4 Å². The molecule has 0 aliphatic heterocycles. The summed E-state index contributed by atoms with van der Waals surface area (Å²) < 4.78 is 1.07. The third-order valence-electron chi connectivity index (χ3n) is 9.12. The van der Waals surface area contributed by atoms with Gasteiger partial charge in [-0.05, 0) is 62.4 Å². The maximum absolute atomic E-state index is 6.23. The molecule has 0 heterocycles. The summed E-state index contributed by atoms with van der Waals surface area (Å²) in [5.41, 5.74) is 2.47. The minimum absolute atomic E-state index is 0.212. The Balaban J connectivity index is 0.000000239. The summed E-state index contributed by atoms with van der Waals surface area (Å²) in [5, 5.41) is 9.43. The predicted octanol–water partition coefficient (Wildman–Crippen LogP) is 10.6. The molecule has 0 aromatic heterocycles. The molecule has 0 radical (unpaired) electrons. The summed E-state index contributed by atoms with van der Waals surface area (Å²) in [5.74, 6) is 0. The Morgan fingerprint density at radius 2 is 0.889 bits per heavy atom. The van der Waals surface area contributed by atoms with Gasteiger partial charge >= 0.3 is 134 Å². The molecule has 0 saturated heterocycles. The van der Waals surface area contributed by atoms with E-state index in [0.717, 1.165) is 23.7 Å². The van der Waals surface area contributed by atoms with E-state index in [-0.39, 0.29) is 21.9 Å². The number of halogens is 2. The van der Waals surface area contributed by atoms with Gasteiger partial charge in [-0.15, -0.1) is 0 Å². The van der Waals surface area contributed by atoms with Crippen molar-refractivity contribution in [3.63, 3.8) is 0 Å². The standard InChI is InChI=1S/C31H35NP2.C16H17N.2ClH.Ru/c1-2-23-32(24-26-33(28-15-7-3-8-16-28)29-17-9-4-10-18-29)25-27-34(30-19-11-5-12-20-30)31-21-13-6-14-22-31;1-14(16-10-6-3-7-11-16)17-13-12-15-8-4-2-5-9-15;;;/h3-22H,2,23-27H2,1H3;2-11,14,17H,12H2,1H3;2*1H;/q;;;;+2/p-2/t;14-;;;/m.1.../s1. The van der Waals surface area contributed by atoms with Crippen LogP contribution in [0.2, 0.25) is 0 Å². The second-order valence-corrected chi connectivity index (χ2v) is 23.6. The number of nitrogens with zero attached hydrogens (tertiary/aromatic N) is 1. The number of hydrogen-bond acceptors (Lipinski definition) is 2. The SMILES string of the molecule is CCCN(CCP(c1ccccc1)c1ccccc1)CCP(c1ccccc1)c1ccccc1.C[C@@H](N[C](Cc1ccccc1)=[Ru]([Cl])[Cl])c1ccccc1. The van der Waals surface area contributed by atoms with Crippen LogP contribution in [0.5, 0.6) is 0 Å². The summed E-state index contributed by atoms with van der Waals surface area (Å²) in [4.78, 5) is 2.71. The molecule has 1 N–H and O–H groups in total. The van der Waals surface area contributed by atoms with Crippen LogP contribution < -0.4 is 26.5 Å². The molecule has 6 aromatic rings. The zero-order valence-electron chi connectivity index (χ0n) is 31.3. The van der Waals surface area contributed by atoms with E-state index in [4.69, 9.17) is 19.4 Å². The normalized spacial score (nSPS) is 11.9. The van der Waals surface area contributed by atoms with Gasteiger partial charge in [0.25, 0.3) is 0 Å². The zero-order chi connectivity index (χ0) is 37.8. The molecule has 0 aliphatic rings. The number of nitrogens with one attached hydrogen (secondary N) is 1. The van der Waals surface area contributed by atoms with Crippen molar-refractivity contribution < 1.29 is 13.5 Å². The molecule has 0 aliphatic carbocycles. The van der Waals surface area contributed by atoms with Crippen molar-refractivity contribution in [3.05, 3.63) is 193 Å². The molecular weight excluding hydrogens is 826 g/mol. The van der Waals surface area contributed by atoms with E-state index in [1.807, 2.05) is 36.4 Å². The fourth-order valence-electron chi connectivity index (χ4n) is 6.34. The number of rotatable bonds is 17. The van der Waals surface area contributed by atoms with E-state index in [2.05, 4.69) is 170 Å². The van der Waals surface area contributed by atoms with Crippen molar-refractivity contribution in [2.45, 2.75) is 32.7 Å². The van der Waals surface area contributed by atoms with Gasteiger partial charge in [-0.1, -0.05) is 128 Å². The average Bonchev–Trinajstić information content (AvgIpc) is 3.23. The van der Waals surface area contributed by atoms with E-state index < -0.39 is 13.5 Å². The third-order valence-corrected chi connectivity index (χ3v) is 17.4. The van der Waals surface area contributed by atoms with Crippen LogP contribution in [-0.4, -0.2) is 41.1 Å². The van der Waals surface area contributed by atoms with Crippen molar-refractivity contribution in [2.75, 3.05) is 32.0 Å². The van der Waals surface area contributed by atoms with Gasteiger partial charge in [-0.25, -0.2) is 0 Å². The Morgan fingerprint density at radius 1 is 0.537 bits per heavy atom. The molecular formula is C47H52Cl2N2P2Ru. The van der Waals surface area contributed by atoms with Crippen LogP contribution in [0.3, 0.4) is 0 Å². The molecule has 282 valence electrons. The van der Waals surface area contributed by atoms with Crippen LogP contribution in [0.25, 0.3) is 0 Å². The summed E-state index contributed by atoms with van der Waals surface area (Å²) in [6.07, 6.45) is 4.41. The van der Waals surface area contributed by atoms with Gasteiger partial charge in [0.2, 0.25) is 0 Å². The molecule has 0 fully saturated rings. The molecule has 6 aromatic carbocycles. The monoisotopic (exact) mass is 878 g/mol. The second-order valence-electron chi connectivity index (χ2n) is 13.0. The first-order valence-electron chi connectivity index (χ1n) is 18.7. The Kier molecular flexibility index (Phi) is 18.8. The van der Waals surface area contributed by atoms with Gasteiger partial charge in [0.15, 0.2) is 0 Å². The fourth-order valence-corrected chi connectivity index (χ4v) is 13.2. The Bertz CT molecular complexity index is 1750. The van der Waals surface area contributed by atoms with Gasteiger partial charge in [0.1, 0.15) is 0 Å². The van der Waals surface area contributed by atoms with Crippen LogP contribution >= 0.6 is 35.2 Å². The van der Waals surface area contributed by atoms with Crippen LogP contribution in [0.4, 0.5) is 0 Å². The molecule has 7 heteroatoms. The van der Waals surface area contributed by atoms with Crippen molar-refractivity contribution >= 4 is 60.7 Å². The molecule has 0 bridgehead atoms. The van der Waals surface area contributed by atoms with Crippen molar-refractivity contribution in [2.24, 2.45) is 0 Å². The Morgan fingerprint density at radius 3 is 1.24 bits per heavy atom. The Labute approximate surface area is 340 Å². The average molecular weight is 879 g/mol. The molecule has 0 spiro atoms. The summed E-state index contributed by atoms with van der Waals surface area (Å²) >= 11 is -1.93. The molecule has 54 heavy (non-hydrogen) atoms. The summed E-state index contributed by atoms with van der Waals surface area (Å²) in [7, 11) is 11.8. The minimum atomic E-state index is -1.93. The van der Waals surface area contributed by atoms with Crippen LogP contribution in [-0.2, 0) is 19.9 Å².